The van der Waals surface area contributed by atoms with Gasteiger partial charge in [-0.2, -0.15) is 0 Å². The molecule has 2 aromatic rings. The van der Waals surface area contributed by atoms with Gasteiger partial charge in [0.15, 0.2) is 0 Å². The van der Waals surface area contributed by atoms with Crippen LogP contribution in [0.5, 0.6) is 0 Å². The van der Waals surface area contributed by atoms with Crippen LogP contribution in [-0.2, 0) is 27.8 Å². The summed E-state index contributed by atoms with van der Waals surface area (Å²) in [6.45, 7) is 2.84. The van der Waals surface area contributed by atoms with E-state index in [9.17, 15) is 13.2 Å². The predicted octanol–water partition coefficient (Wildman–Crippen LogP) is 4.12. The fourth-order valence-electron chi connectivity index (χ4n) is 3.56. The highest BCUT2D eigenvalue weighted by Gasteiger charge is 2.35. The molecule has 0 bridgehead atoms. The number of amides is 1. The van der Waals surface area contributed by atoms with Crippen LogP contribution >= 0.6 is 23.2 Å². The summed E-state index contributed by atoms with van der Waals surface area (Å²) >= 11 is 12.1. The van der Waals surface area contributed by atoms with Gasteiger partial charge >= 0.3 is 0 Å². The smallest absolute Gasteiger partial charge is 0.246 e. The Kier molecular flexibility index (Phi) is 6.22. The van der Waals surface area contributed by atoms with Crippen molar-refractivity contribution in [3.63, 3.8) is 0 Å². The molecule has 8 heteroatoms. The summed E-state index contributed by atoms with van der Waals surface area (Å²) in [5, 5.41) is 0.563. The van der Waals surface area contributed by atoms with E-state index in [0.29, 0.717) is 30.2 Å². The second kappa shape index (κ2) is 8.31. The van der Waals surface area contributed by atoms with Crippen LogP contribution in [0.2, 0.25) is 10.0 Å². The van der Waals surface area contributed by atoms with Crippen molar-refractivity contribution in [2.45, 2.75) is 32.4 Å². The fourth-order valence-corrected chi connectivity index (χ4v) is 5.05. The van der Waals surface area contributed by atoms with Gasteiger partial charge in [0.2, 0.25) is 15.9 Å². The average molecular weight is 441 g/mol. The second-order valence-corrected chi connectivity index (χ2v) is 9.53. The van der Waals surface area contributed by atoms with Crippen molar-refractivity contribution in [1.29, 1.82) is 0 Å². The maximum Gasteiger partial charge on any atom is 0.246 e. The summed E-state index contributed by atoms with van der Waals surface area (Å²) in [5.74, 6) is -0.214. The van der Waals surface area contributed by atoms with E-state index in [-0.39, 0.29) is 10.9 Å². The van der Waals surface area contributed by atoms with Gasteiger partial charge in [-0.15, -0.1) is 0 Å². The van der Waals surface area contributed by atoms with Crippen LogP contribution in [0.1, 0.15) is 24.5 Å². The van der Waals surface area contributed by atoms with Gasteiger partial charge in [0.1, 0.15) is 6.04 Å². The number of carbonyl (C=O) groups is 1. The standard InChI is InChI=1S/C20H22Cl2N2O3S/c1-3-19(20(25)23-11-10-14-6-4-5-7-15(14)13-23)24(28(2,26)27)16-8-9-17(21)18(22)12-16/h4-9,12,19H,3,10-11,13H2,1-2H3/t19-/m0/s1. The summed E-state index contributed by atoms with van der Waals surface area (Å²) in [7, 11) is -3.72. The summed E-state index contributed by atoms with van der Waals surface area (Å²) in [5.41, 5.74) is 2.65. The Morgan fingerprint density at radius 1 is 1.14 bits per heavy atom. The molecule has 0 saturated carbocycles. The van der Waals surface area contributed by atoms with Gasteiger partial charge in [0.25, 0.3) is 0 Å². The number of benzene rings is 2. The van der Waals surface area contributed by atoms with Crippen LogP contribution in [-0.4, -0.2) is 38.1 Å². The van der Waals surface area contributed by atoms with Crippen molar-refractivity contribution in [2.24, 2.45) is 0 Å². The van der Waals surface area contributed by atoms with Crippen molar-refractivity contribution < 1.29 is 13.2 Å². The van der Waals surface area contributed by atoms with E-state index in [0.717, 1.165) is 22.5 Å². The Morgan fingerprint density at radius 3 is 2.43 bits per heavy atom. The molecule has 1 atom stereocenters. The predicted molar refractivity (Wildman–Crippen MR) is 113 cm³/mol. The lowest BCUT2D eigenvalue weighted by Crippen LogP contribution is -2.51. The zero-order valence-electron chi connectivity index (χ0n) is 15.7. The van der Waals surface area contributed by atoms with Crippen LogP contribution in [0.3, 0.4) is 0 Å². The quantitative estimate of drug-likeness (QED) is 0.702. The van der Waals surface area contributed by atoms with E-state index in [2.05, 4.69) is 6.07 Å². The normalized spacial score (nSPS) is 15.1. The number of rotatable bonds is 5. The van der Waals surface area contributed by atoms with E-state index in [4.69, 9.17) is 23.2 Å². The molecule has 0 fully saturated rings. The first-order valence-corrected chi connectivity index (χ1v) is 11.6. The highest BCUT2D eigenvalue weighted by Crippen LogP contribution is 2.31. The maximum atomic E-state index is 13.3. The van der Waals surface area contributed by atoms with E-state index in [1.54, 1.807) is 17.9 Å². The van der Waals surface area contributed by atoms with Gasteiger partial charge in [-0.25, -0.2) is 8.42 Å². The number of hydrogen-bond acceptors (Lipinski definition) is 3. The minimum absolute atomic E-state index is 0.214. The van der Waals surface area contributed by atoms with Gasteiger partial charge < -0.3 is 4.90 Å². The molecule has 1 amide bonds. The lowest BCUT2D eigenvalue weighted by Gasteiger charge is -2.36. The zero-order valence-corrected chi connectivity index (χ0v) is 18.1. The lowest BCUT2D eigenvalue weighted by molar-refractivity contribution is -0.133. The van der Waals surface area contributed by atoms with Crippen molar-refractivity contribution in [3.8, 4) is 0 Å². The lowest BCUT2D eigenvalue weighted by atomic mass is 9.99. The van der Waals surface area contributed by atoms with Gasteiger partial charge in [0.05, 0.1) is 22.0 Å². The van der Waals surface area contributed by atoms with Crippen molar-refractivity contribution >= 4 is 44.8 Å². The minimum Gasteiger partial charge on any atom is -0.336 e. The highest BCUT2D eigenvalue weighted by molar-refractivity contribution is 7.92. The maximum absolute atomic E-state index is 13.3. The molecule has 0 aliphatic carbocycles. The minimum atomic E-state index is -3.72. The molecule has 1 heterocycles. The third-order valence-electron chi connectivity index (χ3n) is 4.91. The molecule has 0 aromatic heterocycles. The van der Waals surface area contributed by atoms with Crippen LogP contribution in [0.25, 0.3) is 0 Å². The first-order chi connectivity index (χ1) is 13.2. The molecule has 0 N–H and O–H groups in total. The summed E-state index contributed by atoms with van der Waals surface area (Å²) < 4.78 is 26.3. The molecule has 1 aliphatic rings. The fraction of sp³-hybridized carbons (Fsp3) is 0.350. The number of sulfonamides is 1. The Balaban J connectivity index is 1.94. The third kappa shape index (κ3) is 4.29. The molecule has 3 rings (SSSR count). The van der Waals surface area contributed by atoms with E-state index >= 15 is 0 Å². The van der Waals surface area contributed by atoms with Crippen LogP contribution in [0.4, 0.5) is 5.69 Å². The summed E-state index contributed by atoms with van der Waals surface area (Å²) in [4.78, 5) is 15.0. The molecule has 28 heavy (non-hydrogen) atoms. The number of halogens is 2. The molecule has 0 unspecified atom stereocenters. The molecular formula is C20H22Cl2N2O3S. The van der Waals surface area contributed by atoms with E-state index in [1.165, 1.54) is 17.7 Å². The van der Waals surface area contributed by atoms with Gasteiger partial charge in [-0.05, 0) is 42.2 Å². The Hall–Kier alpha value is -1.76. The van der Waals surface area contributed by atoms with Crippen LogP contribution in [0, 0.1) is 0 Å². The molecule has 0 radical (unpaired) electrons. The molecular weight excluding hydrogens is 419 g/mol. The summed E-state index contributed by atoms with van der Waals surface area (Å²) in [6.07, 6.45) is 2.19. The number of anilines is 1. The van der Waals surface area contributed by atoms with Gasteiger partial charge in [-0.3, -0.25) is 9.10 Å². The zero-order chi connectivity index (χ0) is 20.5. The van der Waals surface area contributed by atoms with E-state index < -0.39 is 16.1 Å². The molecule has 2 aromatic carbocycles. The van der Waals surface area contributed by atoms with Gasteiger partial charge in [-0.1, -0.05) is 54.4 Å². The topological polar surface area (TPSA) is 57.7 Å². The molecule has 0 spiro atoms. The monoisotopic (exact) mass is 440 g/mol. The highest BCUT2D eigenvalue weighted by atomic mass is 35.5. The third-order valence-corrected chi connectivity index (χ3v) is 6.83. The summed E-state index contributed by atoms with van der Waals surface area (Å²) in [6, 6.07) is 11.7. The Bertz CT molecular complexity index is 995. The first kappa shape index (κ1) is 21.0. The average Bonchev–Trinajstić information content (AvgIpc) is 2.66. The molecule has 5 nitrogen and oxygen atoms in total. The van der Waals surface area contributed by atoms with Crippen LogP contribution < -0.4 is 4.31 Å². The van der Waals surface area contributed by atoms with Crippen molar-refractivity contribution in [1.82, 2.24) is 4.90 Å². The largest absolute Gasteiger partial charge is 0.336 e. The molecule has 150 valence electrons. The number of nitrogens with zero attached hydrogens (tertiary/aromatic N) is 2. The van der Waals surface area contributed by atoms with Crippen LogP contribution in [0.15, 0.2) is 42.5 Å². The number of fused-ring (bicyclic) bond motifs is 1. The Morgan fingerprint density at radius 2 is 1.82 bits per heavy atom. The molecule has 0 saturated heterocycles. The van der Waals surface area contributed by atoms with Crippen molar-refractivity contribution in [3.05, 3.63) is 63.6 Å². The number of hydrogen-bond donors (Lipinski definition) is 0. The first-order valence-electron chi connectivity index (χ1n) is 9.02. The number of carbonyl (C=O) groups excluding carboxylic acids is 1. The SMILES string of the molecule is CC[C@@H](C(=O)N1CCc2ccccc2C1)N(c1ccc(Cl)c(Cl)c1)S(C)(=O)=O. The Labute approximate surface area is 175 Å². The molecule has 1 aliphatic heterocycles. The second-order valence-electron chi connectivity index (χ2n) is 6.86. The van der Waals surface area contributed by atoms with Crippen molar-refractivity contribution in [2.75, 3.05) is 17.1 Å². The van der Waals surface area contributed by atoms with Gasteiger partial charge in [0, 0.05) is 13.1 Å². The van der Waals surface area contributed by atoms with E-state index in [1.807, 2.05) is 18.2 Å².